The standard InChI is InChI=1S/C16H19N5O/c22-16(20-10-4-7-14(20)12-8-9-12)18-15-11-17-19-21(15)13-5-2-1-3-6-13/h1-3,5-6,11-12,14H,4,7-10H2,(H,18,22). The number of nitrogens with one attached hydrogen (secondary N) is 1. The Morgan fingerprint density at radius 2 is 2.00 bits per heavy atom. The van der Waals surface area contributed by atoms with Crippen molar-refractivity contribution in [2.24, 2.45) is 5.92 Å². The van der Waals surface area contributed by atoms with Crippen molar-refractivity contribution >= 4 is 11.8 Å². The third-order valence-electron chi connectivity index (χ3n) is 4.51. The van der Waals surface area contributed by atoms with Gasteiger partial charge in [-0.3, -0.25) is 5.32 Å². The molecule has 1 aliphatic heterocycles. The Morgan fingerprint density at radius 1 is 1.18 bits per heavy atom. The third-order valence-corrected chi connectivity index (χ3v) is 4.51. The van der Waals surface area contributed by atoms with Gasteiger partial charge in [0.2, 0.25) is 0 Å². The molecular weight excluding hydrogens is 278 g/mol. The smallest absolute Gasteiger partial charge is 0.321 e. The molecule has 2 amide bonds. The van der Waals surface area contributed by atoms with Gasteiger partial charge in [0.1, 0.15) is 0 Å². The summed E-state index contributed by atoms with van der Waals surface area (Å²) >= 11 is 0. The summed E-state index contributed by atoms with van der Waals surface area (Å²) in [6, 6.07) is 10.1. The fourth-order valence-electron chi connectivity index (χ4n) is 3.28. The van der Waals surface area contributed by atoms with E-state index in [9.17, 15) is 4.79 Å². The van der Waals surface area contributed by atoms with Crippen molar-refractivity contribution < 1.29 is 4.79 Å². The van der Waals surface area contributed by atoms with Crippen LogP contribution < -0.4 is 5.32 Å². The van der Waals surface area contributed by atoms with E-state index in [1.165, 1.54) is 12.8 Å². The number of benzene rings is 1. The first-order chi connectivity index (χ1) is 10.8. The van der Waals surface area contributed by atoms with Gasteiger partial charge in [-0.1, -0.05) is 23.4 Å². The maximum Gasteiger partial charge on any atom is 0.323 e. The quantitative estimate of drug-likeness (QED) is 0.947. The van der Waals surface area contributed by atoms with Crippen LogP contribution in [-0.2, 0) is 0 Å². The lowest BCUT2D eigenvalue weighted by molar-refractivity contribution is 0.200. The van der Waals surface area contributed by atoms with E-state index in [0.717, 1.165) is 25.1 Å². The molecular formula is C16H19N5O. The summed E-state index contributed by atoms with van der Waals surface area (Å²) in [5.74, 6) is 1.32. The van der Waals surface area contributed by atoms with Crippen LogP contribution in [0.3, 0.4) is 0 Å². The highest BCUT2D eigenvalue weighted by atomic mass is 16.2. The van der Waals surface area contributed by atoms with Crippen LogP contribution in [0.1, 0.15) is 25.7 Å². The zero-order chi connectivity index (χ0) is 14.9. The molecule has 0 radical (unpaired) electrons. The molecule has 1 saturated carbocycles. The minimum absolute atomic E-state index is 0.0334. The monoisotopic (exact) mass is 297 g/mol. The van der Waals surface area contributed by atoms with Crippen LogP contribution in [0.5, 0.6) is 0 Å². The van der Waals surface area contributed by atoms with E-state index in [1.807, 2.05) is 35.2 Å². The van der Waals surface area contributed by atoms with Crippen molar-refractivity contribution in [3.63, 3.8) is 0 Å². The van der Waals surface area contributed by atoms with Crippen molar-refractivity contribution in [1.29, 1.82) is 0 Å². The molecule has 2 aromatic rings. The first kappa shape index (κ1) is 13.3. The second-order valence-corrected chi connectivity index (χ2v) is 6.04. The first-order valence-electron chi connectivity index (χ1n) is 7.87. The van der Waals surface area contributed by atoms with Crippen LogP contribution in [0.4, 0.5) is 10.6 Å². The molecule has 2 heterocycles. The van der Waals surface area contributed by atoms with Gasteiger partial charge in [-0.15, -0.1) is 5.10 Å². The summed E-state index contributed by atoms with van der Waals surface area (Å²) < 4.78 is 1.65. The number of para-hydroxylation sites is 1. The molecule has 1 aliphatic carbocycles. The summed E-state index contributed by atoms with van der Waals surface area (Å²) in [5.41, 5.74) is 0.885. The van der Waals surface area contributed by atoms with Crippen LogP contribution >= 0.6 is 0 Å². The van der Waals surface area contributed by atoms with Gasteiger partial charge >= 0.3 is 6.03 Å². The molecule has 22 heavy (non-hydrogen) atoms. The SMILES string of the molecule is O=C(Nc1cnnn1-c1ccccc1)N1CCCC1C1CC1. The molecule has 6 nitrogen and oxygen atoms in total. The summed E-state index contributed by atoms with van der Waals surface area (Å²) in [5, 5.41) is 11.0. The number of urea groups is 1. The maximum absolute atomic E-state index is 12.6. The van der Waals surface area contributed by atoms with E-state index < -0.39 is 0 Å². The number of anilines is 1. The normalized spacial score (nSPS) is 21.1. The fraction of sp³-hybridized carbons (Fsp3) is 0.438. The average molecular weight is 297 g/mol. The highest BCUT2D eigenvalue weighted by molar-refractivity contribution is 5.89. The van der Waals surface area contributed by atoms with E-state index in [0.29, 0.717) is 17.8 Å². The number of hydrogen-bond acceptors (Lipinski definition) is 3. The van der Waals surface area contributed by atoms with E-state index >= 15 is 0 Å². The number of nitrogens with zero attached hydrogens (tertiary/aromatic N) is 4. The minimum Gasteiger partial charge on any atom is -0.321 e. The number of amides is 2. The number of rotatable bonds is 3. The van der Waals surface area contributed by atoms with Gasteiger partial charge in [0.05, 0.1) is 11.9 Å². The van der Waals surface area contributed by atoms with Gasteiger partial charge in [-0.25, -0.2) is 4.79 Å². The van der Waals surface area contributed by atoms with Gasteiger partial charge < -0.3 is 4.90 Å². The number of carbonyl (C=O) groups excluding carboxylic acids is 1. The van der Waals surface area contributed by atoms with Crippen LogP contribution in [0.15, 0.2) is 36.5 Å². The van der Waals surface area contributed by atoms with Gasteiger partial charge in [-0.05, 0) is 43.7 Å². The lowest BCUT2D eigenvalue weighted by Crippen LogP contribution is -2.40. The number of aromatic nitrogens is 3. The Bertz CT molecular complexity index is 664. The van der Waals surface area contributed by atoms with E-state index in [2.05, 4.69) is 15.6 Å². The van der Waals surface area contributed by atoms with Gasteiger partial charge in [0, 0.05) is 12.6 Å². The molecule has 2 aliphatic rings. The van der Waals surface area contributed by atoms with Gasteiger partial charge in [0.15, 0.2) is 5.82 Å². The fourth-order valence-corrected chi connectivity index (χ4v) is 3.28. The number of carbonyl (C=O) groups is 1. The Hall–Kier alpha value is -2.37. The molecule has 6 heteroatoms. The van der Waals surface area contributed by atoms with Gasteiger partial charge in [0.25, 0.3) is 0 Å². The van der Waals surface area contributed by atoms with E-state index in [4.69, 9.17) is 0 Å². The molecule has 1 aromatic carbocycles. The van der Waals surface area contributed by atoms with E-state index in [1.54, 1.807) is 10.9 Å². The van der Waals surface area contributed by atoms with Crippen LogP contribution in [0.25, 0.3) is 5.69 Å². The number of likely N-dealkylation sites (tertiary alicyclic amines) is 1. The van der Waals surface area contributed by atoms with Crippen molar-refractivity contribution in [3.05, 3.63) is 36.5 Å². The lowest BCUT2D eigenvalue weighted by Gasteiger charge is -2.24. The minimum atomic E-state index is -0.0334. The second kappa shape index (κ2) is 5.44. The molecule has 2 fully saturated rings. The van der Waals surface area contributed by atoms with Crippen molar-refractivity contribution in [3.8, 4) is 5.69 Å². The Labute approximate surface area is 129 Å². The highest BCUT2D eigenvalue weighted by Gasteiger charge is 2.40. The molecule has 1 unspecified atom stereocenters. The first-order valence-corrected chi connectivity index (χ1v) is 7.87. The molecule has 1 aromatic heterocycles. The predicted molar refractivity (Wildman–Crippen MR) is 82.8 cm³/mol. The van der Waals surface area contributed by atoms with Crippen LogP contribution in [0, 0.1) is 5.92 Å². The van der Waals surface area contributed by atoms with Crippen molar-refractivity contribution in [2.75, 3.05) is 11.9 Å². The predicted octanol–water partition coefficient (Wildman–Crippen LogP) is 2.67. The average Bonchev–Trinajstić information content (AvgIpc) is 3.10. The maximum atomic E-state index is 12.6. The number of hydrogen-bond donors (Lipinski definition) is 1. The lowest BCUT2D eigenvalue weighted by atomic mass is 10.1. The van der Waals surface area contributed by atoms with E-state index in [-0.39, 0.29) is 6.03 Å². The summed E-state index contributed by atoms with van der Waals surface area (Å²) in [7, 11) is 0. The Kier molecular flexibility index (Phi) is 3.29. The molecule has 114 valence electrons. The molecule has 1 atom stereocenters. The molecule has 0 spiro atoms. The summed E-state index contributed by atoms with van der Waals surface area (Å²) in [4.78, 5) is 14.6. The Balaban J connectivity index is 1.52. The van der Waals surface area contributed by atoms with Crippen LogP contribution in [0.2, 0.25) is 0 Å². The molecule has 4 rings (SSSR count). The zero-order valence-electron chi connectivity index (χ0n) is 12.4. The topological polar surface area (TPSA) is 63.1 Å². The van der Waals surface area contributed by atoms with Gasteiger partial charge in [-0.2, -0.15) is 4.68 Å². The molecule has 1 saturated heterocycles. The van der Waals surface area contributed by atoms with Crippen molar-refractivity contribution in [1.82, 2.24) is 19.9 Å². The van der Waals surface area contributed by atoms with Crippen LogP contribution in [-0.4, -0.2) is 38.5 Å². The largest absolute Gasteiger partial charge is 0.323 e. The zero-order valence-corrected chi connectivity index (χ0v) is 12.4. The Morgan fingerprint density at radius 3 is 2.77 bits per heavy atom. The summed E-state index contributed by atoms with van der Waals surface area (Å²) in [6.45, 7) is 0.847. The highest BCUT2D eigenvalue weighted by Crippen LogP contribution is 2.40. The molecule has 0 bridgehead atoms. The van der Waals surface area contributed by atoms with Crippen molar-refractivity contribution in [2.45, 2.75) is 31.7 Å². The molecule has 1 N–H and O–H groups in total. The second-order valence-electron chi connectivity index (χ2n) is 6.04. The summed E-state index contributed by atoms with van der Waals surface area (Å²) in [6.07, 6.45) is 6.35. The third kappa shape index (κ3) is 2.45.